The minimum Gasteiger partial charge on any atom is -0.396 e. The normalized spacial score (nSPS) is 12.9. The lowest BCUT2D eigenvalue weighted by Crippen LogP contribution is -2.47. The van der Waals surface area contributed by atoms with Crippen LogP contribution in [0.1, 0.15) is 213 Å². The lowest BCUT2D eigenvalue weighted by molar-refractivity contribution is -0.111. The van der Waals surface area contributed by atoms with Gasteiger partial charge in [0.1, 0.15) is 0 Å². The first-order chi connectivity index (χ1) is 23.9. The molecular formula is C39H82O8P2. The molecule has 0 aromatic rings. The molecule has 0 spiro atoms. The molecular weight excluding hydrogens is 658 g/mol. The Morgan fingerprint density at radius 1 is 0.429 bits per heavy atom. The van der Waals surface area contributed by atoms with E-state index in [0.717, 1.165) is 32.1 Å². The predicted molar refractivity (Wildman–Crippen MR) is 208 cm³/mol. The number of unbranched alkanes of at least 4 members (excludes halogenated alkanes) is 28. The predicted octanol–water partition coefficient (Wildman–Crippen LogP) is 11.9. The van der Waals surface area contributed by atoms with Crippen molar-refractivity contribution in [3.05, 3.63) is 0 Å². The van der Waals surface area contributed by atoms with Gasteiger partial charge < -0.3 is 38.5 Å². The second-order valence-electron chi connectivity index (χ2n) is 14.6. The van der Waals surface area contributed by atoms with Gasteiger partial charge in [-0.2, -0.15) is 0 Å². The van der Waals surface area contributed by atoms with E-state index in [2.05, 4.69) is 13.8 Å². The number of aliphatic hydroxyl groups is 1. The van der Waals surface area contributed by atoms with Crippen LogP contribution >= 0.6 is 17.2 Å². The minimum absolute atomic E-state index is 0.201. The Balaban J connectivity index is 4.43. The van der Waals surface area contributed by atoms with Crippen LogP contribution in [0.25, 0.3) is 0 Å². The quantitative estimate of drug-likeness (QED) is 0.0309. The molecule has 0 aromatic heterocycles. The van der Waals surface area contributed by atoms with Crippen molar-refractivity contribution >= 4 is 17.2 Å². The molecule has 1 unspecified atom stereocenters. The van der Waals surface area contributed by atoms with Crippen LogP contribution in [-0.2, 0) is 13.8 Å². The van der Waals surface area contributed by atoms with Gasteiger partial charge in [0.05, 0.1) is 31.3 Å². The van der Waals surface area contributed by atoms with Crippen molar-refractivity contribution in [2.75, 3.05) is 26.4 Å². The van der Waals surface area contributed by atoms with E-state index in [0.29, 0.717) is 13.0 Å². The molecule has 0 aliphatic heterocycles. The van der Waals surface area contributed by atoms with Gasteiger partial charge in [0, 0.05) is 6.61 Å². The number of rotatable bonds is 41. The van der Waals surface area contributed by atoms with Gasteiger partial charge in [-0.1, -0.05) is 200 Å². The first-order valence-electron chi connectivity index (χ1n) is 20.8. The van der Waals surface area contributed by atoms with Crippen molar-refractivity contribution in [2.24, 2.45) is 5.41 Å². The van der Waals surface area contributed by atoms with E-state index in [1.807, 2.05) is 0 Å². The van der Waals surface area contributed by atoms with Gasteiger partial charge in [-0.05, 0) is 12.8 Å². The average molecular weight is 741 g/mol. The zero-order valence-corrected chi connectivity index (χ0v) is 34.0. The summed E-state index contributed by atoms with van der Waals surface area (Å²) in [5.74, 6) is 0. The van der Waals surface area contributed by atoms with Crippen molar-refractivity contribution in [3.8, 4) is 0 Å². The SMILES string of the molecule is CCCCCCCCCCCCCCCCCOC(CCCCCCCCCCCCCCCCC)C(CO)(COP(O)O)COP(O)O. The highest BCUT2D eigenvalue weighted by molar-refractivity contribution is 7.39. The van der Waals surface area contributed by atoms with Crippen molar-refractivity contribution < 1.29 is 38.5 Å². The summed E-state index contributed by atoms with van der Waals surface area (Å²) in [5, 5.41) is 10.5. The molecule has 5 N–H and O–H groups in total. The van der Waals surface area contributed by atoms with Gasteiger partial charge in [-0.15, -0.1) is 0 Å². The summed E-state index contributed by atoms with van der Waals surface area (Å²) >= 11 is 0. The van der Waals surface area contributed by atoms with Crippen LogP contribution in [0.4, 0.5) is 0 Å². The second-order valence-corrected chi connectivity index (χ2v) is 16.1. The summed E-state index contributed by atoms with van der Waals surface area (Å²) in [6, 6.07) is 0. The van der Waals surface area contributed by atoms with Crippen LogP contribution in [0.3, 0.4) is 0 Å². The summed E-state index contributed by atoms with van der Waals surface area (Å²) in [6.45, 7) is 4.28. The van der Waals surface area contributed by atoms with E-state index < -0.39 is 28.7 Å². The molecule has 0 aliphatic carbocycles. The van der Waals surface area contributed by atoms with Crippen molar-refractivity contribution in [1.82, 2.24) is 0 Å². The molecule has 10 heteroatoms. The Morgan fingerprint density at radius 2 is 0.714 bits per heavy atom. The van der Waals surface area contributed by atoms with Gasteiger partial charge in [0.2, 0.25) is 0 Å². The van der Waals surface area contributed by atoms with Crippen LogP contribution < -0.4 is 0 Å². The molecule has 0 aromatic carbocycles. The van der Waals surface area contributed by atoms with E-state index in [1.54, 1.807) is 0 Å². The maximum absolute atomic E-state index is 10.5. The molecule has 0 fully saturated rings. The highest BCUT2D eigenvalue weighted by atomic mass is 31.2. The first kappa shape index (κ1) is 49.5. The standard InChI is InChI=1S/C39H82O8P2/c1-3-5-7-9-11-13-15-17-19-21-23-25-27-29-31-33-38(39(35-40,36-46-48(41)42)37-47-49(43)44)45-34-32-30-28-26-24-22-20-18-16-14-12-10-8-6-4-2/h38,40-44H,3-37H2,1-2H3. The maximum Gasteiger partial charge on any atom is 0.327 e. The highest BCUT2D eigenvalue weighted by Gasteiger charge is 2.41. The summed E-state index contributed by atoms with van der Waals surface area (Å²) in [4.78, 5) is 37.8. The van der Waals surface area contributed by atoms with Crippen molar-refractivity contribution in [3.63, 3.8) is 0 Å². The van der Waals surface area contributed by atoms with Gasteiger partial charge in [0.25, 0.3) is 0 Å². The Hall–Kier alpha value is 0.540. The van der Waals surface area contributed by atoms with Crippen LogP contribution in [-0.4, -0.2) is 57.2 Å². The van der Waals surface area contributed by atoms with E-state index in [1.165, 1.54) is 161 Å². The fraction of sp³-hybridized carbons (Fsp3) is 1.00. The van der Waals surface area contributed by atoms with Gasteiger partial charge in [-0.25, -0.2) is 0 Å². The van der Waals surface area contributed by atoms with Crippen molar-refractivity contribution in [1.29, 1.82) is 0 Å². The molecule has 8 nitrogen and oxygen atoms in total. The molecule has 0 amide bonds. The minimum atomic E-state index is -2.63. The summed E-state index contributed by atoms with van der Waals surface area (Å²) in [7, 11) is -5.26. The molecule has 0 rings (SSSR count). The Bertz CT molecular complexity index is 632. The summed E-state index contributed by atoms with van der Waals surface area (Å²) in [5.41, 5.74) is -1.12. The van der Waals surface area contributed by atoms with E-state index in [9.17, 15) is 24.7 Å². The van der Waals surface area contributed by atoms with Crippen LogP contribution in [0, 0.1) is 5.41 Å². The second kappa shape index (κ2) is 38.3. The van der Waals surface area contributed by atoms with Gasteiger partial charge >= 0.3 is 17.2 Å². The lowest BCUT2D eigenvalue weighted by atomic mass is 9.81. The van der Waals surface area contributed by atoms with Gasteiger partial charge in [0.15, 0.2) is 0 Å². The third-order valence-corrected chi connectivity index (χ3v) is 10.8. The smallest absolute Gasteiger partial charge is 0.327 e. The number of ether oxygens (including phenoxy) is 1. The maximum atomic E-state index is 10.5. The molecule has 49 heavy (non-hydrogen) atoms. The molecule has 296 valence electrons. The van der Waals surface area contributed by atoms with Crippen LogP contribution in [0.2, 0.25) is 0 Å². The van der Waals surface area contributed by atoms with Gasteiger partial charge in [-0.3, -0.25) is 0 Å². The van der Waals surface area contributed by atoms with Crippen LogP contribution in [0.5, 0.6) is 0 Å². The monoisotopic (exact) mass is 741 g/mol. The summed E-state index contributed by atoms with van der Waals surface area (Å²) in [6.07, 6.45) is 38.8. The first-order valence-corrected chi connectivity index (χ1v) is 23.1. The van der Waals surface area contributed by atoms with Crippen molar-refractivity contribution in [2.45, 2.75) is 219 Å². The summed E-state index contributed by atoms with van der Waals surface area (Å²) < 4.78 is 16.7. The van der Waals surface area contributed by atoms with E-state index >= 15 is 0 Å². The number of hydrogen-bond donors (Lipinski definition) is 5. The molecule has 0 saturated heterocycles. The molecule has 0 aliphatic rings. The third kappa shape index (κ3) is 32.9. The number of aliphatic hydroxyl groups excluding tert-OH is 1. The highest BCUT2D eigenvalue weighted by Crippen LogP contribution is 2.38. The fourth-order valence-corrected chi connectivity index (χ4v) is 7.50. The Morgan fingerprint density at radius 3 is 1.00 bits per heavy atom. The molecule has 1 atom stereocenters. The topological polar surface area (TPSA) is 129 Å². The van der Waals surface area contributed by atoms with E-state index in [-0.39, 0.29) is 19.8 Å². The van der Waals surface area contributed by atoms with Crippen LogP contribution in [0.15, 0.2) is 0 Å². The molecule has 0 saturated carbocycles. The largest absolute Gasteiger partial charge is 0.396 e. The number of hydrogen-bond acceptors (Lipinski definition) is 8. The molecule has 0 heterocycles. The average Bonchev–Trinajstić information content (AvgIpc) is 3.09. The van der Waals surface area contributed by atoms with E-state index in [4.69, 9.17) is 13.8 Å². The zero-order valence-electron chi connectivity index (χ0n) is 32.2. The zero-order chi connectivity index (χ0) is 36.1. The molecule has 0 bridgehead atoms. The third-order valence-electron chi connectivity index (χ3n) is 10.1. The Kier molecular flexibility index (Phi) is 38.7. The fourth-order valence-electron chi connectivity index (χ4n) is 6.76. The lowest BCUT2D eigenvalue weighted by Gasteiger charge is -2.38. The molecule has 0 radical (unpaired) electrons. The Labute approximate surface area is 305 Å².